The molecule has 2 aliphatic heterocycles. The Balaban J connectivity index is 1.69. The molecule has 154 valence electrons. The van der Waals surface area contributed by atoms with Crippen molar-refractivity contribution < 1.29 is 38.4 Å². The molecule has 0 aromatic carbocycles. The molecule has 3 fully saturated rings. The molecule has 2 saturated heterocycles. The number of carboxylic acids is 1. The minimum atomic E-state index is -1.02. The highest BCUT2D eigenvalue weighted by molar-refractivity contribution is 5.71. The highest BCUT2D eigenvalue weighted by Crippen LogP contribution is 2.46. The van der Waals surface area contributed by atoms with E-state index in [4.69, 9.17) is 28.8 Å². The predicted octanol–water partition coefficient (Wildman–Crippen LogP) is 0.798. The van der Waals surface area contributed by atoms with Gasteiger partial charge in [0.2, 0.25) is 0 Å². The van der Waals surface area contributed by atoms with Crippen molar-refractivity contribution in [3.8, 4) is 0 Å². The lowest BCUT2D eigenvalue weighted by atomic mass is 9.94. The quantitative estimate of drug-likeness (QED) is 0.584. The van der Waals surface area contributed by atoms with Gasteiger partial charge in [0, 0.05) is 26.0 Å². The van der Waals surface area contributed by atoms with E-state index in [0.29, 0.717) is 0 Å². The fourth-order valence-electron chi connectivity index (χ4n) is 4.20. The number of ether oxygens (including phenoxy) is 5. The predicted molar refractivity (Wildman–Crippen MR) is 91.9 cm³/mol. The number of rotatable bonds is 8. The second kappa shape index (κ2) is 8.83. The van der Waals surface area contributed by atoms with Gasteiger partial charge >= 0.3 is 11.9 Å². The molecule has 1 unspecified atom stereocenters. The maximum Gasteiger partial charge on any atom is 0.317 e. The van der Waals surface area contributed by atoms with Crippen LogP contribution in [0.4, 0.5) is 0 Å². The van der Waals surface area contributed by atoms with Crippen molar-refractivity contribution >= 4 is 11.9 Å². The molecular formula is C18H29NO8. The molecule has 0 aromatic rings. The Kier molecular flexibility index (Phi) is 6.69. The van der Waals surface area contributed by atoms with Crippen LogP contribution in [0.15, 0.2) is 0 Å². The SMILES string of the molecule is CCOC(=O)CC(NCC(=O)O)[C@H]1O[C@@H]2OC3(CCCCC3)O[C@@H]2[C@H]1OC. The Morgan fingerprint density at radius 3 is 2.63 bits per heavy atom. The van der Waals surface area contributed by atoms with Gasteiger partial charge in [0.05, 0.1) is 19.6 Å². The van der Waals surface area contributed by atoms with Gasteiger partial charge in [-0.2, -0.15) is 0 Å². The molecule has 2 heterocycles. The third kappa shape index (κ3) is 4.60. The van der Waals surface area contributed by atoms with Crippen LogP contribution in [0, 0.1) is 0 Å². The number of nitrogens with one attached hydrogen (secondary N) is 1. The lowest BCUT2D eigenvalue weighted by Crippen LogP contribution is -2.51. The number of carboxylic acid groups (broad SMARTS) is 1. The van der Waals surface area contributed by atoms with E-state index < -0.39 is 48.4 Å². The van der Waals surface area contributed by atoms with Crippen LogP contribution in [0.5, 0.6) is 0 Å². The summed E-state index contributed by atoms with van der Waals surface area (Å²) < 4.78 is 29.1. The first-order valence-electron chi connectivity index (χ1n) is 9.62. The highest BCUT2D eigenvalue weighted by atomic mass is 16.8. The Morgan fingerprint density at radius 2 is 2.00 bits per heavy atom. The molecular weight excluding hydrogens is 358 g/mol. The van der Waals surface area contributed by atoms with Crippen molar-refractivity contribution in [2.75, 3.05) is 20.3 Å². The molecule has 3 rings (SSSR count). The summed E-state index contributed by atoms with van der Waals surface area (Å²) in [5, 5.41) is 11.9. The third-order valence-corrected chi connectivity index (χ3v) is 5.38. The number of carbonyl (C=O) groups is 2. The van der Waals surface area contributed by atoms with Gasteiger partial charge in [-0.15, -0.1) is 0 Å². The summed E-state index contributed by atoms with van der Waals surface area (Å²) in [7, 11) is 1.55. The zero-order valence-electron chi connectivity index (χ0n) is 15.8. The van der Waals surface area contributed by atoms with Crippen molar-refractivity contribution in [1.29, 1.82) is 0 Å². The minimum absolute atomic E-state index is 0.0315. The maximum atomic E-state index is 12.0. The molecule has 1 aliphatic carbocycles. The van der Waals surface area contributed by atoms with Gasteiger partial charge in [0.1, 0.15) is 18.3 Å². The Labute approximate surface area is 158 Å². The average Bonchev–Trinajstić information content (AvgIpc) is 3.12. The lowest BCUT2D eigenvalue weighted by Gasteiger charge is -2.35. The van der Waals surface area contributed by atoms with Crippen molar-refractivity contribution in [1.82, 2.24) is 5.32 Å². The molecule has 27 heavy (non-hydrogen) atoms. The first-order chi connectivity index (χ1) is 13.0. The van der Waals surface area contributed by atoms with E-state index in [2.05, 4.69) is 5.32 Å². The number of methoxy groups -OCH3 is 1. The van der Waals surface area contributed by atoms with Gasteiger partial charge < -0.3 is 34.1 Å². The maximum absolute atomic E-state index is 12.0. The number of hydrogen-bond donors (Lipinski definition) is 2. The molecule has 9 heteroatoms. The average molecular weight is 387 g/mol. The zero-order chi connectivity index (χ0) is 19.4. The lowest BCUT2D eigenvalue weighted by molar-refractivity contribution is -0.249. The normalized spacial score (nSPS) is 33.0. The first-order valence-corrected chi connectivity index (χ1v) is 9.62. The van der Waals surface area contributed by atoms with Gasteiger partial charge in [-0.25, -0.2) is 0 Å². The number of aliphatic carboxylic acids is 1. The Morgan fingerprint density at radius 1 is 1.26 bits per heavy atom. The second-order valence-corrected chi connectivity index (χ2v) is 7.23. The molecule has 9 nitrogen and oxygen atoms in total. The summed E-state index contributed by atoms with van der Waals surface area (Å²) in [4.78, 5) is 22.9. The summed E-state index contributed by atoms with van der Waals surface area (Å²) in [5.74, 6) is -2.06. The van der Waals surface area contributed by atoms with Crippen molar-refractivity contribution in [3.63, 3.8) is 0 Å². The smallest absolute Gasteiger partial charge is 0.317 e. The van der Waals surface area contributed by atoms with E-state index >= 15 is 0 Å². The van der Waals surface area contributed by atoms with E-state index in [0.717, 1.165) is 25.7 Å². The molecule has 1 spiro atoms. The van der Waals surface area contributed by atoms with Crippen LogP contribution in [0.3, 0.4) is 0 Å². The van der Waals surface area contributed by atoms with Crippen LogP contribution >= 0.6 is 0 Å². The molecule has 0 radical (unpaired) electrons. The number of hydrogen-bond acceptors (Lipinski definition) is 8. The highest BCUT2D eigenvalue weighted by Gasteiger charge is 2.59. The fraction of sp³-hybridized carbons (Fsp3) is 0.889. The first kappa shape index (κ1) is 20.5. The summed E-state index contributed by atoms with van der Waals surface area (Å²) >= 11 is 0. The molecule has 0 bridgehead atoms. The molecule has 0 amide bonds. The van der Waals surface area contributed by atoms with E-state index in [-0.39, 0.29) is 19.6 Å². The van der Waals surface area contributed by atoms with Gasteiger partial charge in [0.15, 0.2) is 12.1 Å². The van der Waals surface area contributed by atoms with Crippen LogP contribution in [-0.2, 0) is 33.3 Å². The summed E-state index contributed by atoms with van der Waals surface area (Å²) in [5.41, 5.74) is 0. The van der Waals surface area contributed by atoms with Crippen LogP contribution in [0.1, 0.15) is 45.4 Å². The zero-order valence-corrected chi connectivity index (χ0v) is 15.8. The van der Waals surface area contributed by atoms with Crippen LogP contribution in [-0.4, -0.2) is 73.7 Å². The summed E-state index contributed by atoms with van der Waals surface area (Å²) in [6, 6.07) is -0.592. The van der Waals surface area contributed by atoms with E-state index in [1.807, 2.05) is 0 Å². The summed E-state index contributed by atoms with van der Waals surface area (Å²) in [6.07, 6.45) is 2.83. The molecule has 5 atom stereocenters. The van der Waals surface area contributed by atoms with Crippen LogP contribution in [0.25, 0.3) is 0 Å². The van der Waals surface area contributed by atoms with Gasteiger partial charge in [0.25, 0.3) is 0 Å². The van der Waals surface area contributed by atoms with Crippen LogP contribution in [0.2, 0.25) is 0 Å². The van der Waals surface area contributed by atoms with Crippen molar-refractivity contribution in [2.24, 2.45) is 0 Å². The van der Waals surface area contributed by atoms with Gasteiger partial charge in [-0.1, -0.05) is 6.42 Å². The Bertz CT molecular complexity index is 535. The topological polar surface area (TPSA) is 113 Å². The monoisotopic (exact) mass is 387 g/mol. The van der Waals surface area contributed by atoms with Gasteiger partial charge in [-0.3, -0.25) is 9.59 Å². The van der Waals surface area contributed by atoms with Crippen molar-refractivity contribution in [3.05, 3.63) is 0 Å². The molecule has 0 aromatic heterocycles. The molecule has 1 saturated carbocycles. The van der Waals surface area contributed by atoms with Crippen molar-refractivity contribution in [2.45, 2.75) is 81.9 Å². The fourth-order valence-corrected chi connectivity index (χ4v) is 4.20. The molecule has 2 N–H and O–H groups in total. The number of esters is 1. The van der Waals surface area contributed by atoms with E-state index in [1.165, 1.54) is 6.42 Å². The standard InChI is InChI=1S/C18H29NO8/c1-3-24-13(22)9-11(19-10-12(20)21)14-15(23-2)16-17(25-14)27-18(26-16)7-5-4-6-8-18/h11,14-17,19H,3-10H2,1-2H3,(H,20,21)/t11?,14-,15+,16-,17-/m1/s1. The number of carbonyl (C=O) groups excluding carboxylic acids is 1. The largest absolute Gasteiger partial charge is 0.480 e. The minimum Gasteiger partial charge on any atom is -0.480 e. The Hall–Kier alpha value is -1.26. The third-order valence-electron chi connectivity index (χ3n) is 5.38. The number of fused-ring (bicyclic) bond motifs is 1. The van der Waals surface area contributed by atoms with Crippen LogP contribution < -0.4 is 5.32 Å². The molecule has 3 aliphatic rings. The van der Waals surface area contributed by atoms with Gasteiger partial charge in [-0.05, 0) is 19.8 Å². The second-order valence-electron chi connectivity index (χ2n) is 7.23. The van der Waals surface area contributed by atoms with E-state index in [1.54, 1.807) is 14.0 Å². The summed E-state index contributed by atoms with van der Waals surface area (Å²) in [6.45, 7) is 1.67. The van der Waals surface area contributed by atoms with E-state index in [9.17, 15) is 9.59 Å².